The third-order valence-corrected chi connectivity index (χ3v) is 8.77. The molecule has 2 aliphatic heterocycles. The van der Waals surface area contributed by atoms with Crippen molar-refractivity contribution in [1.29, 1.82) is 0 Å². The first-order valence-corrected chi connectivity index (χ1v) is 15.0. The van der Waals surface area contributed by atoms with Crippen LogP contribution in [0.4, 0.5) is 0 Å². The molecule has 2 saturated heterocycles. The van der Waals surface area contributed by atoms with E-state index < -0.39 is 0 Å². The molecule has 0 unspecified atom stereocenters. The molecule has 0 saturated carbocycles. The number of para-hydroxylation sites is 2. The van der Waals surface area contributed by atoms with Crippen LogP contribution in [0, 0.1) is 5.92 Å². The minimum atomic E-state index is -0.0759. The smallest absolute Gasteiger partial charge is 0.255 e. The van der Waals surface area contributed by atoms with Crippen LogP contribution in [0.3, 0.4) is 0 Å². The molecule has 2 fully saturated rings. The fourth-order valence-electron chi connectivity index (χ4n) is 5.99. The number of imidazole rings is 1. The lowest BCUT2D eigenvalue weighted by molar-refractivity contribution is -0.139. The van der Waals surface area contributed by atoms with Gasteiger partial charge in [-0.05, 0) is 61.3 Å². The number of hydrogen-bond donors (Lipinski definition) is 0. The molecule has 0 aliphatic carbocycles. The van der Waals surface area contributed by atoms with Gasteiger partial charge in [0, 0.05) is 44.3 Å². The van der Waals surface area contributed by atoms with Crippen molar-refractivity contribution in [3.63, 3.8) is 0 Å². The second kappa shape index (κ2) is 12.2. The number of aromatic nitrogens is 2. The summed E-state index contributed by atoms with van der Waals surface area (Å²) in [4.78, 5) is 37.6. The summed E-state index contributed by atoms with van der Waals surface area (Å²) in [6, 6.07) is 23.3. The first kappa shape index (κ1) is 27.8. The number of halogens is 2. The van der Waals surface area contributed by atoms with E-state index in [9.17, 15) is 9.59 Å². The highest BCUT2D eigenvalue weighted by atomic mass is 35.5. The van der Waals surface area contributed by atoms with E-state index in [4.69, 9.17) is 28.2 Å². The van der Waals surface area contributed by atoms with Gasteiger partial charge in [0.15, 0.2) is 0 Å². The summed E-state index contributed by atoms with van der Waals surface area (Å²) in [6.07, 6.45) is 1.86. The van der Waals surface area contributed by atoms with Crippen LogP contribution in [0.2, 0.25) is 10.0 Å². The van der Waals surface area contributed by atoms with Crippen molar-refractivity contribution in [3.05, 3.63) is 99.8 Å². The van der Waals surface area contributed by atoms with Gasteiger partial charge in [0.2, 0.25) is 5.91 Å². The number of carbonyl (C=O) groups is 2. The maximum absolute atomic E-state index is 13.6. The van der Waals surface area contributed by atoms with E-state index in [1.807, 2.05) is 41.3 Å². The van der Waals surface area contributed by atoms with E-state index in [0.29, 0.717) is 56.4 Å². The number of piperidine rings is 1. The summed E-state index contributed by atoms with van der Waals surface area (Å²) < 4.78 is 2.28. The molecular weight excluding hydrogens is 557 g/mol. The van der Waals surface area contributed by atoms with Crippen LogP contribution in [0.25, 0.3) is 11.0 Å². The van der Waals surface area contributed by atoms with Crippen LogP contribution in [0.15, 0.2) is 72.8 Å². The maximum atomic E-state index is 13.6. The van der Waals surface area contributed by atoms with Gasteiger partial charge in [0.25, 0.3) is 5.91 Å². The number of benzene rings is 3. The van der Waals surface area contributed by atoms with Gasteiger partial charge in [-0.1, -0.05) is 59.6 Å². The minimum absolute atomic E-state index is 0.0522. The van der Waals surface area contributed by atoms with Crippen LogP contribution in [-0.4, -0.2) is 75.3 Å². The first-order chi connectivity index (χ1) is 20.0. The van der Waals surface area contributed by atoms with Gasteiger partial charge in [-0.3, -0.25) is 14.5 Å². The Morgan fingerprint density at radius 1 is 0.805 bits per heavy atom. The second-order valence-electron chi connectivity index (χ2n) is 10.9. The predicted octanol–water partition coefficient (Wildman–Crippen LogP) is 5.59. The largest absolute Gasteiger partial charge is 0.339 e. The van der Waals surface area contributed by atoms with Gasteiger partial charge in [-0.2, -0.15) is 0 Å². The summed E-state index contributed by atoms with van der Waals surface area (Å²) in [5.41, 5.74) is 3.76. The van der Waals surface area contributed by atoms with Gasteiger partial charge >= 0.3 is 0 Å². The van der Waals surface area contributed by atoms with Crippen molar-refractivity contribution < 1.29 is 9.59 Å². The molecule has 1 atom stereocenters. The van der Waals surface area contributed by atoms with Crippen molar-refractivity contribution in [2.45, 2.75) is 25.9 Å². The zero-order valence-electron chi connectivity index (χ0n) is 22.9. The highest BCUT2D eigenvalue weighted by Crippen LogP contribution is 2.25. The Labute approximate surface area is 250 Å². The molecule has 2 aliphatic rings. The molecule has 0 bridgehead atoms. The zero-order valence-corrected chi connectivity index (χ0v) is 24.4. The lowest BCUT2D eigenvalue weighted by Gasteiger charge is -2.39. The first-order valence-electron chi connectivity index (χ1n) is 14.2. The van der Waals surface area contributed by atoms with Gasteiger partial charge in [-0.25, -0.2) is 4.98 Å². The average molecular weight is 591 g/mol. The summed E-state index contributed by atoms with van der Waals surface area (Å²) in [5, 5.41) is 1.18. The van der Waals surface area contributed by atoms with Crippen molar-refractivity contribution in [2.24, 2.45) is 5.92 Å². The average Bonchev–Trinajstić information content (AvgIpc) is 3.34. The molecule has 6 rings (SSSR count). The molecule has 9 heteroatoms. The van der Waals surface area contributed by atoms with E-state index in [0.717, 1.165) is 46.8 Å². The van der Waals surface area contributed by atoms with Crippen molar-refractivity contribution >= 4 is 46.0 Å². The Balaban J connectivity index is 1.10. The molecule has 4 aromatic rings. The summed E-state index contributed by atoms with van der Waals surface area (Å²) in [7, 11) is 0. The summed E-state index contributed by atoms with van der Waals surface area (Å²) in [5.74, 6) is 1.06. The van der Waals surface area contributed by atoms with Crippen LogP contribution in [-0.2, 0) is 17.9 Å². The number of piperazine rings is 1. The minimum Gasteiger partial charge on any atom is -0.339 e. The van der Waals surface area contributed by atoms with Crippen molar-refractivity contribution in [3.8, 4) is 0 Å². The summed E-state index contributed by atoms with van der Waals surface area (Å²) in [6.45, 7) is 5.16. The van der Waals surface area contributed by atoms with Crippen molar-refractivity contribution in [2.75, 3.05) is 39.3 Å². The zero-order chi connectivity index (χ0) is 28.3. The quantitative estimate of drug-likeness (QED) is 0.294. The Kier molecular flexibility index (Phi) is 8.28. The molecule has 41 heavy (non-hydrogen) atoms. The number of nitrogens with zero attached hydrogens (tertiary/aromatic N) is 5. The van der Waals surface area contributed by atoms with Gasteiger partial charge in [0.05, 0.1) is 34.1 Å². The van der Waals surface area contributed by atoms with Gasteiger partial charge in [0.1, 0.15) is 5.82 Å². The molecule has 3 aromatic carbocycles. The van der Waals surface area contributed by atoms with Crippen LogP contribution >= 0.6 is 23.2 Å². The van der Waals surface area contributed by atoms with E-state index in [2.05, 4.69) is 33.7 Å². The lowest BCUT2D eigenvalue weighted by atomic mass is 9.96. The molecule has 2 amide bonds. The number of amides is 2. The van der Waals surface area contributed by atoms with Gasteiger partial charge < -0.3 is 14.4 Å². The highest BCUT2D eigenvalue weighted by Gasteiger charge is 2.33. The van der Waals surface area contributed by atoms with Gasteiger partial charge in [-0.15, -0.1) is 0 Å². The van der Waals surface area contributed by atoms with Crippen molar-refractivity contribution in [1.82, 2.24) is 24.3 Å². The van der Waals surface area contributed by atoms with E-state index >= 15 is 0 Å². The molecular formula is C32H33Cl2N5O2. The third-order valence-electron chi connectivity index (χ3n) is 8.19. The molecule has 3 heterocycles. The Morgan fingerprint density at radius 3 is 2.29 bits per heavy atom. The molecule has 212 valence electrons. The fraction of sp³-hybridized carbons (Fsp3) is 0.344. The van der Waals surface area contributed by atoms with E-state index in [-0.39, 0.29) is 17.7 Å². The summed E-state index contributed by atoms with van der Waals surface area (Å²) >= 11 is 12.4. The van der Waals surface area contributed by atoms with E-state index in [1.165, 1.54) is 0 Å². The number of carbonyl (C=O) groups excluding carboxylic acids is 2. The SMILES string of the molecule is O=C(c1ccccc1Cl)N1CCN(C(=O)[C@H]2CCCN(Cc3nc4ccccc4n3Cc3ccc(Cl)cc3)C2)CC1. The standard InChI is InChI=1S/C32H33Cl2N5O2/c33-25-13-11-23(12-14-25)20-39-29-10-4-3-9-28(29)35-30(39)22-36-15-5-6-24(21-36)31(40)37-16-18-38(19-17-37)32(41)26-7-1-2-8-27(26)34/h1-4,7-14,24H,5-6,15-22H2/t24-/m0/s1. The van der Waals surface area contributed by atoms with Crippen LogP contribution in [0.1, 0.15) is 34.6 Å². The number of hydrogen-bond acceptors (Lipinski definition) is 4. The molecule has 0 radical (unpaired) electrons. The predicted molar refractivity (Wildman–Crippen MR) is 162 cm³/mol. The monoisotopic (exact) mass is 589 g/mol. The highest BCUT2D eigenvalue weighted by molar-refractivity contribution is 6.33. The Bertz CT molecular complexity index is 1550. The van der Waals surface area contributed by atoms with E-state index in [1.54, 1.807) is 17.0 Å². The maximum Gasteiger partial charge on any atom is 0.255 e. The topological polar surface area (TPSA) is 61.7 Å². The number of fused-ring (bicyclic) bond motifs is 1. The third kappa shape index (κ3) is 6.13. The molecule has 0 N–H and O–H groups in total. The Hall–Kier alpha value is -3.39. The number of rotatable bonds is 6. The van der Waals surface area contributed by atoms with Crippen LogP contribution in [0.5, 0.6) is 0 Å². The fourth-order valence-corrected chi connectivity index (χ4v) is 6.33. The molecule has 1 aromatic heterocycles. The molecule has 7 nitrogen and oxygen atoms in total. The number of likely N-dealkylation sites (tertiary alicyclic amines) is 1. The molecule has 0 spiro atoms. The lowest BCUT2D eigenvalue weighted by Crippen LogP contribution is -2.53. The normalized spacial score (nSPS) is 18.1. The Morgan fingerprint density at radius 2 is 1.51 bits per heavy atom. The van der Waals surface area contributed by atoms with Crippen LogP contribution < -0.4 is 0 Å². The second-order valence-corrected chi connectivity index (χ2v) is 11.7.